The van der Waals surface area contributed by atoms with E-state index in [0.717, 1.165) is 5.75 Å². The van der Waals surface area contributed by atoms with Crippen LogP contribution in [0.25, 0.3) is 0 Å². The lowest BCUT2D eigenvalue weighted by molar-refractivity contribution is -0.0978. The van der Waals surface area contributed by atoms with Crippen molar-refractivity contribution in [3.05, 3.63) is 29.8 Å². The molecule has 1 heterocycles. The maximum Gasteiger partial charge on any atom is 0.251 e. The SMILES string of the molecule is CC(C)Oc1cccc(C(=O)NCC2(C)COC2)c1. The maximum absolute atomic E-state index is 12.1. The highest BCUT2D eigenvalue weighted by Crippen LogP contribution is 2.25. The van der Waals surface area contributed by atoms with Crippen LogP contribution in [0.15, 0.2) is 24.3 Å². The van der Waals surface area contributed by atoms with Crippen LogP contribution >= 0.6 is 0 Å². The molecule has 0 radical (unpaired) electrons. The van der Waals surface area contributed by atoms with Crippen molar-refractivity contribution in [2.45, 2.75) is 26.9 Å². The van der Waals surface area contributed by atoms with Gasteiger partial charge in [-0.3, -0.25) is 4.79 Å². The molecule has 4 nitrogen and oxygen atoms in total. The lowest BCUT2D eigenvalue weighted by Crippen LogP contribution is -2.48. The predicted octanol–water partition coefficient (Wildman–Crippen LogP) is 2.24. The topological polar surface area (TPSA) is 47.6 Å². The highest BCUT2D eigenvalue weighted by atomic mass is 16.5. The zero-order valence-corrected chi connectivity index (χ0v) is 11.7. The Labute approximate surface area is 114 Å². The lowest BCUT2D eigenvalue weighted by atomic mass is 9.88. The molecular formula is C15H21NO3. The van der Waals surface area contributed by atoms with Crippen LogP contribution in [0.1, 0.15) is 31.1 Å². The summed E-state index contributed by atoms with van der Waals surface area (Å²) in [5.41, 5.74) is 0.712. The molecule has 1 aliphatic rings. The van der Waals surface area contributed by atoms with Crippen LogP contribution in [-0.4, -0.2) is 31.8 Å². The number of carbonyl (C=O) groups is 1. The highest BCUT2D eigenvalue weighted by Gasteiger charge is 2.33. The Morgan fingerprint density at radius 3 is 2.79 bits per heavy atom. The average molecular weight is 263 g/mol. The van der Waals surface area contributed by atoms with E-state index in [0.29, 0.717) is 25.3 Å². The van der Waals surface area contributed by atoms with Crippen molar-refractivity contribution in [3.8, 4) is 5.75 Å². The number of nitrogens with one attached hydrogen (secondary N) is 1. The van der Waals surface area contributed by atoms with Crippen molar-refractivity contribution >= 4 is 5.91 Å². The van der Waals surface area contributed by atoms with E-state index in [1.54, 1.807) is 12.1 Å². The Bertz CT molecular complexity index is 452. The quantitative estimate of drug-likeness (QED) is 0.886. The number of amides is 1. The summed E-state index contributed by atoms with van der Waals surface area (Å²) in [6.45, 7) is 8.10. The number of benzene rings is 1. The molecule has 1 aromatic carbocycles. The van der Waals surface area contributed by atoms with Crippen molar-refractivity contribution in [3.63, 3.8) is 0 Å². The normalized spacial score (nSPS) is 16.8. The molecule has 19 heavy (non-hydrogen) atoms. The van der Waals surface area contributed by atoms with E-state index in [9.17, 15) is 4.79 Å². The number of hydrogen-bond donors (Lipinski definition) is 1. The van der Waals surface area contributed by atoms with Crippen molar-refractivity contribution in [2.24, 2.45) is 5.41 Å². The molecule has 1 saturated heterocycles. The van der Waals surface area contributed by atoms with Gasteiger partial charge in [0.05, 0.1) is 19.3 Å². The van der Waals surface area contributed by atoms with Gasteiger partial charge in [0.1, 0.15) is 5.75 Å². The fourth-order valence-corrected chi connectivity index (χ4v) is 1.93. The third kappa shape index (κ3) is 3.70. The number of ether oxygens (including phenoxy) is 2. The Hall–Kier alpha value is -1.55. The van der Waals surface area contributed by atoms with Crippen molar-refractivity contribution in [1.29, 1.82) is 0 Å². The third-order valence-corrected chi connectivity index (χ3v) is 3.04. The Morgan fingerprint density at radius 2 is 2.21 bits per heavy atom. The fourth-order valence-electron chi connectivity index (χ4n) is 1.93. The summed E-state index contributed by atoms with van der Waals surface area (Å²) in [6.07, 6.45) is 0.101. The van der Waals surface area contributed by atoms with Gasteiger partial charge in [-0.1, -0.05) is 13.0 Å². The smallest absolute Gasteiger partial charge is 0.251 e. The van der Waals surface area contributed by atoms with E-state index in [2.05, 4.69) is 12.2 Å². The molecule has 0 unspecified atom stereocenters. The molecule has 1 N–H and O–H groups in total. The van der Waals surface area contributed by atoms with Gasteiger partial charge < -0.3 is 14.8 Å². The van der Waals surface area contributed by atoms with Crippen LogP contribution in [0.4, 0.5) is 0 Å². The van der Waals surface area contributed by atoms with Gasteiger partial charge in [0, 0.05) is 17.5 Å². The fraction of sp³-hybridized carbons (Fsp3) is 0.533. The molecule has 1 fully saturated rings. The van der Waals surface area contributed by atoms with Gasteiger partial charge in [-0.05, 0) is 32.0 Å². The van der Waals surface area contributed by atoms with Gasteiger partial charge in [-0.15, -0.1) is 0 Å². The molecule has 2 rings (SSSR count). The van der Waals surface area contributed by atoms with E-state index in [1.807, 2.05) is 26.0 Å². The van der Waals surface area contributed by atoms with Crippen LogP contribution in [0.5, 0.6) is 5.75 Å². The average Bonchev–Trinajstić information content (AvgIpc) is 2.33. The second kappa shape index (κ2) is 5.61. The summed E-state index contributed by atoms with van der Waals surface area (Å²) in [5.74, 6) is 0.656. The van der Waals surface area contributed by atoms with Gasteiger partial charge in [0.2, 0.25) is 0 Å². The summed E-state index contributed by atoms with van der Waals surface area (Å²) in [5, 5.41) is 2.95. The largest absolute Gasteiger partial charge is 0.491 e. The Balaban J connectivity index is 1.94. The molecule has 4 heteroatoms. The predicted molar refractivity (Wildman–Crippen MR) is 73.5 cm³/mol. The highest BCUT2D eigenvalue weighted by molar-refractivity contribution is 5.94. The zero-order valence-electron chi connectivity index (χ0n) is 11.7. The standard InChI is InChI=1S/C15H21NO3/c1-11(2)19-13-6-4-5-12(7-13)14(17)16-8-15(3)9-18-10-15/h4-7,11H,8-10H2,1-3H3,(H,16,17). The summed E-state index contributed by atoms with van der Waals surface area (Å²) < 4.78 is 10.8. The third-order valence-electron chi connectivity index (χ3n) is 3.04. The summed E-state index contributed by atoms with van der Waals surface area (Å²) in [7, 11) is 0. The van der Waals surface area contributed by atoms with Crippen LogP contribution in [0.2, 0.25) is 0 Å². The Kier molecular flexibility index (Phi) is 4.10. The van der Waals surface area contributed by atoms with Gasteiger partial charge in [-0.25, -0.2) is 0 Å². The molecule has 0 saturated carbocycles. The molecule has 0 aliphatic carbocycles. The lowest BCUT2D eigenvalue weighted by Gasteiger charge is -2.38. The van der Waals surface area contributed by atoms with E-state index in [1.165, 1.54) is 0 Å². The zero-order chi connectivity index (χ0) is 13.9. The van der Waals surface area contributed by atoms with Crippen LogP contribution in [0.3, 0.4) is 0 Å². The summed E-state index contributed by atoms with van der Waals surface area (Å²) >= 11 is 0. The van der Waals surface area contributed by atoms with Crippen LogP contribution < -0.4 is 10.1 Å². The van der Waals surface area contributed by atoms with Gasteiger partial charge in [-0.2, -0.15) is 0 Å². The second-order valence-corrected chi connectivity index (χ2v) is 5.68. The maximum atomic E-state index is 12.1. The van der Waals surface area contributed by atoms with Gasteiger partial charge >= 0.3 is 0 Å². The first-order valence-electron chi connectivity index (χ1n) is 6.61. The molecule has 0 atom stereocenters. The number of hydrogen-bond acceptors (Lipinski definition) is 3. The van der Waals surface area contributed by atoms with Crippen molar-refractivity contribution in [1.82, 2.24) is 5.32 Å². The van der Waals surface area contributed by atoms with Crippen LogP contribution in [-0.2, 0) is 4.74 Å². The van der Waals surface area contributed by atoms with E-state index in [-0.39, 0.29) is 17.4 Å². The molecule has 0 aromatic heterocycles. The number of rotatable bonds is 5. The molecule has 1 aromatic rings. The molecule has 1 aliphatic heterocycles. The minimum atomic E-state index is -0.0673. The summed E-state index contributed by atoms with van der Waals surface area (Å²) in [6, 6.07) is 7.26. The first kappa shape index (κ1) is 13.9. The number of carbonyl (C=O) groups excluding carboxylic acids is 1. The monoisotopic (exact) mass is 263 g/mol. The van der Waals surface area contributed by atoms with Crippen molar-refractivity contribution < 1.29 is 14.3 Å². The van der Waals surface area contributed by atoms with Crippen molar-refractivity contribution in [2.75, 3.05) is 19.8 Å². The minimum Gasteiger partial charge on any atom is -0.491 e. The van der Waals surface area contributed by atoms with Gasteiger partial charge in [0.15, 0.2) is 0 Å². The van der Waals surface area contributed by atoms with Gasteiger partial charge in [0.25, 0.3) is 5.91 Å². The molecule has 0 bridgehead atoms. The van der Waals surface area contributed by atoms with E-state index >= 15 is 0 Å². The first-order chi connectivity index (χ1) is 8.98. The first-order valence-corrected chi connectivity index (χ1v) is 6.61. The van der Waals surface area contributed by atoms with Crippen LogP contribution in [0, 0.1) is 5.41 Å². The molecule has 104 valence electrons. The summed E-state index contributed by atoms with van der Waals surface area (Å²) in [4.78, 5) is 12.1. The minimum absolute atomic E-state index is 0.0673. The molecule has 1 amide bonds. The van der Waals surface area contributed by atoms with E-state index < -0.39 is 0 Å². The molecule has 0 spiro atoms. The molecular weight excluding hydrogens is 242 g/mol. The van der Waals surface area contributed by atoms with E-state index in [4.69, 9.17) is 9.47 Å². The Morgan fingerprint density at radius 1 is 1.47 bits per heavy atom. The second-order valence-electron chi connectivity index (χ2n) is 5.68.